The van der Waals surface area contributed by atoms with E-state index in [-0.39, 0.29) is 24.5 Å². The van der Waals surface area contributed by atoms with Crippen molar-refractivity contribution in [2.75, 3.05) is 13.1 Å². The van der Waals surface area contributed by atoms with Crippen molar-refractivity contribution in [2.45, 2.75) is 39.0 Å². The van der Waals surface area contributed by atoms with Crippen LogP contribution < -0.4 is 0 Å². The first-order valence-corrected chi connectivity index (χ1v) is 11.8. The van der Waals surface area contributed by atoms with Crippen LogP contribution in [0.3, 0.4) is 0 Å². The molecule has 0 amide bonds. The van der Waals surface area contributed by atoms with E-state index in [4.69, 9.17) is 24.2 Å². The van der Waals surface area contributed by atoms with Crippen LogP contribution >= 0.6 is 0 Å². The lowest BCUT2D eigenvalue weighted by Crippen LogP contribution is -2.49. The molecule has 0 radical (unpaired) electrons. The molecule has 3 aromatic rings. The molecule has 2 N–H and O–H groups in total. The Labute approximate surface area is 212 Å². The van der Waals surface area contributed by atoms with Crippen LogP contribution in [0.25, 0.3) is 22.8 Å². The summed E-state index contributed by atoms with van der Waals surface area (Å²) in [5, 5.41) is 22.0. The van der Waals surface area contributed by atoms with E-state index in [0.717, 1.165) is 16.7 Å². The monoisotopic (exact) mass is 509 g/mol. The molecule has 0 unspecified atom stereocenters. The summed E-state index contributed by atoms with van der Waals surface area (Å²) in [7, 11) is 0. The van der Waals surface area contributed by atoms with Crippen LogP contribution in [0, 0.1) is 5.92 Å². The van der Waals surface area contributed by atoms with Crippen molar-refractivity contribution in [3.8, 4) is 22.8 Å². The van der Waals surface area contributed by atoms with Gasteiger partial charge in [-0.05, 0) is 17.7 Å². The minimum Gasteiger partial charge on any atom is -0.450 e. The van der Waals surface area contributed by atoms with E-state index in [2.05, 4.69) is 15.0 Å². The van der Waals surface area contributed by atoms with Gasteiger partial charge in [-0.25, -0.2) is 9.59 Å². The highest BCUT2D eigenvalue weighted by Gasteiger charge is 2.42. The van der Waals surface area contributed by atoms with Gasteiger partial charge in [0.1, 0.15) is 0 Å². The van der Waals surface area contributed by atoms with E-state index >= 15 is 0 Å². The fraction of sp³-hybridized carbons (Fsp3) is 0.346. The van der Waals surface area contributed by atoms with Gasteiger partial charge in [0.2, 0.25) is 5.82 Å². The summed E-state index contributed by atoms with van der Waals surface area (Å²) < 4.78 is 14.9. The number of hydrogen-bond acceptors (Lipinski definition) is 9. The number of ether oxygens (including phenoxy) is 2. The number of carboxylic acid groups (broad SMARTS) is 2. The Morgan fingerprint density at radius 1 is 0.946 bits per heavy atom. The first-order chi connectivity index (χ1) is 17.6. The van der Waals surface area contributed by atoms with Gasteiger partial charge in [0.15, 0.2) is 5.78 Å². The van der Waals surface area contributed by atoms with Gasteiger partial charge < -0.3 is 24.2 Å². The number of nitrogens with zero attached hydrogens (tertiary/aromatic N) is 3. The first kappa shape index (κ1) is 25.8. The van der Waals surface area contributed by atoms with E-state index in [1.165, 1.54) is 0 Å². The molecule has 4 rings (SSSR count). The summed E-state index contributed by atoms with van der Waals surface area (Å²) in [6.45, 7) is 5.10. The number of rotatable bonds is 8. The second-order valence-corrected chi connectivity index (χ2v) is 9.14. The summed E-state index contributed by atoms with van der Waals surface area (Å²) >= 11 is 0. The van der Waals surface area contributed by atoms with Crippen molar-refractivity contribution in [3.05, 3.63) is 59.7 Å². The summed E-state index contributed by atoms with van der Waals surface area (Å²) in [5.74, 6) is -0.901. The Bertz CT molecular complexity index is 1240. The Kier molecular flexibility index (Phi) is 7.53. The predicted molar refractivity (Wildman–Crippen MR) is 130 cm³/mol. The van der Waals surface area contributed by atoms with Gasteiger partial charge in [0.05, 0.1) is 0 Å². The lowest BCUT2D eigenvalue weighted by molar-refractivity contribution is -0.206. The maximum atomic E-state index is 12.1. The van der Waals surface area contributed by atoms with Gasteiger partial charge in [0.25, 0.3) is 11.7 Å². The molecular formula is C26H27N3O8. The topological polar surface area (TPSA) is 152 Å². The first-order valence-electron chi connectivity index (χ1n) is 11.8. The van der Waals surface area contributed by atoms with Gasteiger partial charge >= 0.3 is 12.3 Å². The zero-order chi connectivity index (χ0) is 26.6. The number of Topliss-reactive ketones (excluding diaryl/α,β-unsaturated/α-hetero) is 1. The minimum absolute atomic E-state index is 0.0731. The predicted octanol–water partition coefficient (Wildman–Crippen LogP) is 4.92. The standard InChI is InChI=1S/C26H27N3O8/c1-16(2)21(30)18-7-9-20(10-8-18)23-27-22(28-37-23)19-5-3-17(4-6-19)15-29-13-11-26(12-14-29,35-24(31)32)36-25(33)34/h3-10,16H,11-15H2,1-2H3,(H,31,32)(H,33,34). The maximum absolute atomic E-state index is 12.1. The number of hydrogen-bond donors (Lipinski definition) is 2. The number of piperidine rings is 1. The number of aromatic nitrogens is 2. The molecule has 1 aromatic heterocycles. The Balaban J connectivity index is 1.37. The van der Waals surface area contributed by atoms with Crippen molar-refractivity contribution < 1.29 is 38.6 Å². The van der Waals surface area contributed by atoms with E-state index in [1.807, 2.05) is 38.1 Å². The van der Waals surface area contributed by atoms with Gasteiger partial charge in [-0.3, -0.25) is 9.69 Å². The molecule has 194 valence electrons. The summed E-state index contributed by atoms with van der Waals surface area (Å²) in [5.41, 5.74) is 3.13. The number of carbonyl (C=O) groups is 3. The fourth-order valence-corrected chi connectivity index (χ4v) is 4.18. The molecule has 2 aromatic carbocycles. The molecule has 0 bridgehead atoms. The molecule has 0 atom stereocenters. The van der Waals surface area contributed by atoms with Crippen molar-refractivity contribution >= 4 is 18.1 Å². The highest BCUT2D eigenvalue weighted by atomic mass is 16.8. The summed E-state index contributed by atoms with van der Waals surface area (Å²) in [6.07, 6.45) is -2.95. The molecule has 11 nitrogen and oxygen atoms in total. The maximum Gasteiger partial charge on any atom is 0.509 e. The van der Waals surface area contributed by atoms with Crippen LogP contribution in [0.15, 0.2) is 53.1 Å². The van der Waals surface area contributed by atoms with Gasteiger partial charge in [-0.1, -0.05) is 55.4 Å². The fourth-order valence-electron chi connectivity index (χ4n) is 4.18. The summed E-state index contributed by atoms with van der Waals surface area (Å²) in [4.78, 5) is 40.6. The number of likely N-dealkylation sites (tertiary alicyclic amines) is 1. The lowest BCUT2D eigenvalue weighted by Gasteiger charge is -2.38. The number of ketones is 1. The third kappa shape index (κ3) is 6.31. The molecule has 1 aliphatic rings. The van der Waals surface area contributed by atoms with E-state index in [1.54, 1.807) is 24.3 Å². The molecule has 2 heterocycles. The minimum atomic E-state index is -1.68. The zero-order valence-corrected chi connectivity index (χ0v) is 20.4. The molecule has 11 heteroatoms. The van der Waals surface area contributed by atoms with Crippen molar-refractivity contribution in [2.24, 2.45) is 5.92 Å². The molecular weight excluding hydrogens is 482 g/mol. The van der Waals surface area contributed by atoms with E-state index in [9.17, 15) is 14.4 Å². The van der Waals surface area contributed by atoms with E-state index < -0.39 is 18.1 Å². The Morgan fingerprint density at radius 3 is 2.05 bits per heavy atom. The Hall–Kier alpha value is -4.25. The van der Waals surface area contributed by atoms with Crippen LogP contribution in [-0.2, 0) is 16.0 Å². The van der Waals surface area contributed by atoms with E-state index in [0.29, 0.717) is 36.9 Å². The highest BCUT2D eigenvalue weighted by Crippen LogP contribution is 2.30. The number of carbonyl (C=O) groups excluding carboxylic acids is 1. The molecule has 1 saturated heterocycles. The third-order valence-corrected chi connectivity index (χ3v) is 6.15. The molecule has 1 aliphatic heterocycles. The molecule has 0 spiro atoms. The van der Waals surface area contributed by atoms with Crippen molar-refractivity contribution in [1.82, 2.24) is 15.0 Å². The quantitative estimate of drug-likeness (QED) is 0.242. The van der Waals surface area contributed by atoms with Gasteiger partial charge in [0, 0.05) is 55.1 Å². The third-order valence-electron chi connectivity index (χ3n) is 6.15. The largest absolute Gasteiger partial charge is 0.509 e. The average Bonchev–Trinajstić information content (AvgIpc) is 3.35. The van der Waals surface area contributed by atoms with Crippen LogP contribution in [0.1, 0.15) is 42.6 Å². The van der Waals surface area contributed by atoms with Crippen LogP contribution in [0.5, 0.6) is 0 Å². The molecule has 0 aliphatic carbocycles. The SMILES string of the molecule is CC(C)C(=O)c1ccc(-c2nc(-c3ccc(CN4CCC(OC(=O)O)(OC(=O)O)CC4)cc3)no2)cc1. The van der Waals surface area contributed by atoms with Crippen LogP contribution in [-0.4, -0.2) is 62.2 Å². The Morgan fingerprint density at radius 2 is 1.51 bits per heavy atom. The second kappa shape index (κ2) is 10.8. The van der Waals surface area contributed by atoms with Crippen LogP contribution in [0.2, 0.25) is 0 Å². The zero-order valence-electron chi connectivity index (χ0n) is 20.4. The average molecular weight is 510 g/mol. The smallest absolute Gasteiger partial charge is 0.450 e. The summed E-state index contributed by atoms with van der Waals surface area (Å²) in [6, 6.07) is 14.7. The molecule has 1 fully saturated rings. The number of benzene rings is 2. The molecule has 37 heavy (non-hydrogen) atoms. The second-order valence-electron chi connectivity index (χ2n) is 9.14. The highest BCUT2D eigenvalue weighted by molar-refractivity contribution is 5.97. The lowest BCUT2D eigenvalue weighted by atomic mass is 10.00. The van der Waals surface area contributed by atoms with Gasteiger partial charge in [-0.15, -0.1) is 0 Å². The van der Waals surface area contributed by atoms with Gasteiger partial charge in [-0.2, -0.15) is 4.98 Å². The van der Waals surface area contributed by atoms with Crippen molar-refractivity contribution in [1.29, 1.82) is 0 Å². The van der Waals surface area contributed by atoms with Crippen LogP contribution in [0.4, 0.5) is 9.59 Å². The van der Waals surface area contributed by atoms with Crippen molar-refractivity contribution in [3.63, 3.8) is 0 Å². The molecule has 0 saturated carbocycles. The normalized spacial score (nSPS) is 15.3.